The Morgan fingerprint density at radius 2 is 2.00 bits per heavy atom. The van der Waals surface area contributed by atoms with Crippen LogP contribution in [0.5, 0.6) is 5.75 Å². The Balaban J connectivity index is 1.93. The summed E-state index contributed by atoms with van der Waals surface area (Å²) in [6.45, 7) is 0. The molecule has 0 saturated carbocycles. The Morgan fingerprint density at radius 3 is 2.81 bits per heavy atom. The maximum atomic E-state index is 5.32. The van der Waals surface area contributed by atoms with Crippen molar-refractivity contribution in [3.8, 4) is 5.75 Å². The van der Waals surface area contributed by atoms with Crippen molar-refractivity contribution >= 4 is 21.4 Å². The minimum absolute atomic E-state index is 0.305. The van der Waals surface area contributed by atoms with Crippen molar-refractivity contribution in [2.45, 2.75) is 12.5 Å². The van der Waals surface area contributed by atoms with Gasteiger partial charge in [0.05, 0.1) is 7.11 Å². The molecule has 1 atom stereocenters. The average Bonchev–Trinajstić information content (AvgIpc) is 3.01. The number of fused-ring (bicyclic) bond motifs is 1. The van der Waals surface area contributed by atoms with Gasteiger partial charge in [-0.05, 0) is 53.6 Å². The molecule has 0 aliphatic heterocycles. The van der Waals surface area contributed by atoms with Crippen LogP contribution in [0.3, 0.4) is 0 Å². The van der Waals surface area contributed by atoms with E-state index in [4.69, 9.17) is 4.74 Å². The standard InChI is InChI=1S/C18H19NOS/c1-19-17(12-13-5-3-7-15(11-13)20-2)16-8-4-6-14-9-10-21-18(14)16/h3-11,17,19H,12H2,1-2H3. The summed E-state index contributed by atoms with van der Waals surface area (Å²) < 4.78 is 6.69. The Morgan fingerprint density at radius 1 is 1.14 bits per heavy atom. The van der Waals surface area contributed by atoms with E-state index in [0.717, 1.165) is 12.2 Å². The lowest BCUT2D eigenvalue weighted by atomic mass is 9.98. The van der Waals surface area contributed by atoms with Crippen LogP contribution >= 0.6 is 11.3 Å². The van der Waals surface area contributed by atoms with Crippen molar-refractivity contribution in [2.75, 3.05) is 14.2 Å². The topological polar surface area (TPSA) is 21.3 Å². The van der Waals surface area contributed by atoms with Crippen LogP contribution in [0.2, 0.25) is 0 Å². The zero-order valence-corrected chi connectivity index (χ0v) is 13.1. The van der Waals surface area contributed by atoms with Crippen molar-refractivity contribution in [3.63, 3.8) is 0 Å². The predicted molar refractivity (Wildman–Crippen MR) is 90.3 cm³/mol. The van der Waals surface area contributed by atoms with Gasteiger partial charge in [-0.1, -0.05) is 30.3 Å². The number of hydrogen-bond donors (Lipinski definition) is 1. The zero-order valence-electron chi connectivity index (χ0n) is 12.3. The van der Waals surface area contributed by atoms with Gasteiger partial charge in [0.2, 0.25) is 0 Å². The summed E-state index contributed by atoms with van der Waals surface area (Å²) in [5.74, 6) is 0.914. The molecule has 108 valence electrons. The molecular formula is C18H19NOS. The molecule has 0 aliphatic rings. The highest BCUT2D eigenvalue weighted by molar-refractivity contribution is 7.17. The number of methoxy groups -OCH3 is 1. The first-order chi connectivity index (χ1) is 10.3. The van der Waals surface area contributed by atoms with E-state index in [9.17, 15) is 0 Å². The van der Waals surface area contributed by atoms with Gasteiger partial charge in [-0.3, -0.25) is 0 Å². The third-order valence-corrected chi connectivity index (χ3v) is 4.79. The third kappa shape index (κ3) is 2.94. The molecule has 3 aromatic rings. The fourth-order valence-corrected chi connectivity index (χ4v) is 3.66. The molecule has 0 amide bonds. The summed E-state index contributed by atoms with van der Waals surface area (Å²) in [5, 5.41) is 6.93. The number of likely N-dealkylation sites (N-methyl/N-ethyl adjacent to an activating group) is 1. The predicted octanol–water partition coefficient (Wildman–Crippen LogP) is 4.41. The van der Waals surface area contributed by atoms with Gasteiger partial charge in [0.15, 0.2) is 0 Å². The zero-order chi connectivity index (χ0) is 14.7. The van der Waals surface area contributed by atoms with Gasteiger partial charge in [-0.15, -0.1) is 11.3 Å². The normalized spacial score (nSPS) is 12.5. The van der Waals surface area contributed by atoms with Gasteiger partial charge >= 0.3 is 0 Å². The summed E-state index contributed by atoms with van der Waals surface area (Å²) in [6, 6.07) is 17.3. The average molecular weight is 297 g/mol. The van der Waals surface area contributed by atoms with E-state index in [2.05, 4.69) is 47.1 Å². The van der Waals surface area contributed by atoms with E-state index >= 15 is 0 Å². The van der Waals surface area contributed by atoms with Crippen LogP contribution < -0.4 is 10.1 Å². The summed E-state index contributed by atoms with van der Waals surface area (Å²) in [6.07, 6.45) is 0.949. The number of nitrogens with one attached hydrogen (secondary N) is 1. The maximum absolute atomic E-state index is 5.32. The lowest BCUT2D eigenvalue weighted by Gasteiger charge is -2.18. The molecule has 1 heterocycles. The number of thiophene rings is 1. The van der Waals surface area contributed by atoms with Crippen LogP contribution in [0.15, 0.2) is 53.9 Å². The monoisotopic (exact) mass is 297 g/mol. The minimum Gasteiger partial charge on any atom is -0.497 e. The first kappa shape index (κ1) is 14.1. The quantitative estimate of drug-likeness (QED) is 0.753. The lowest BCUT2D eigenvalue weighted by molar-refractivity contribution is 0.414. The summed E-state index contributed by atoms with van der Waals surface area (Å²) in [5.41, 5.74) is 2.65. The van der Waals surface area contributed by atoms with Crippen molar-refractivity contribution in [1.29, 1.82) is 0 Å². The van der Waals surface area contributed by atoms with Crippen LogP contribution in [0.1, 0.15) is 17.2 Å². The summed E-state index contributed by atoms with van der Waals surface area (Å²) in [7, 11) is 3.73. The highest BCUT2D eigenvalue weighted by Gasteiger charge is 2.14. The van der Waals surface area contributed by atoms with Crippen molar-refractivity contribution < 1.29 is 4.74 Å². The summed E-state index contributed by atoms with van der Waals surface area (Å²) >= 11 is 1.81. The van der Waals surface area contributed by atoms with E-state index in [-0.39, 0.29) is 0 Å². The van der Waals surface area contributed by atoms with Gasteiger partial charge in [0.25, 0.3) is 0 Å². The van der Waals surface area contributed by atoms with Crippen LogP contribution in [-0.4, -0.2) is 14.2 Å². The largest absolute Gasteiger partial charge is 0.497 e. The summed E-state index contributed by atoms with van der Waals surface area (Å²) in [4.78, 5) is 0. The van der Waals surface area contributed by atoms with E-state index in [0.29, 0.717) is 6.04 Å². The fourth-order valence-electron chi connectivity index (χ4n) is 2.69. The highest BCUT2D eigenvalue weighted by Crippen LogP contribution is 2.31. The molecule has 1 unspecified atom stereocenters. The van der Waals surface area contributed by atoms with E-state index < -0.39 is 0 Å². The number of ether oxygens (including phenoxy) is 1. The molecule has 2 aromatic carbocycles. The molecule has 1 N–H and O–H groups in total. The van der Waals surface area contributed by atoms with Gasteiger partial charge in [-0.25, -0.2) is 0 Å². The molecule has 0 radical (unpaired) electrons. The highest BCUT2D eigenvalue weighted by atomic mass is 32.1. The Labute approximate surface area is 129 Å². The maximum Gasteiger partial charge on any atom is 0.119 e. The molecule has 1 aromatic heterocycles. The van der Waals surface area contributed by atoms with Crippen molar-refractivity contribution in [3.05, 3.63) is 65.0 Å². The second kappa shape index (κ2) is 6.29. The van der Waals surface area contributed by atoms with E-state index in [1.165, 1.54) is 21.2 Å². The second-order valence-electron chi connectivity index (χ2n) is 5.08. The second-order valence-corrected chi connectivity index (χ2v) is 6.00. The van der Waals surface area contributed by atoms with E-state index in [1.807, 2.05) is 30.5 Å². The molecule has 21 heavy (non-hydrogen) atoms. The van der Waals surface area contributed by atoms with Gasteiger partial charge in [0, 0.05) is 10.7 Å². The molecular weight excluding hydrogens is 278 g/mol. The number of hydrogen-bond acceptors (Lipinski definition) is 3. The van der Waals surface area contributed by atoms with Gasteiger partial charge < -0.3 is 10.1 Å². The van der Waals surface area contributed by atoms with Crippen LogP contribution in [-0.2, 0) is 6.42 Å². The molecule has 0 bridgehead atoms. The van der Waals surface area contributed by atoms with Crippen LogP contribution in [0.4, 0.5) is 0 Å². The Hall–Kier alpha value is -1.84. The van der Waals surface area contributed by atoms with E-state index in [1.54, 1.807) is 7.11 Å². The first-order valence-electron chi connectivity index (χ1n) is 7.08. The minimum atomic E-state index is 0.305. The molecule has 3 heteroatoms. The third-order valence-electron chi connectivity index (χ3n) is 3.81. The number of rotatable bonds is 5. The van der Waals surface area contributed by atoms with Crippen LogP contribution in [0, 0.1) is 0 Å². The van der Waals surface area contributed by atoms with Crippen molar-refractivity contribution in [2.24, 2.45) is 0 Å². The van der Waals surface area contributed by atoms with Crippen LogP contribution in [0.25, 0.3) is 10.1 Å². The first-order valence-corrected chi connectivity index (χ1v) is 7.96. The Bertz CT molecular complexity index is 735. The number of benzene rings is 2. The SMILES string of the molecule is CNC(Cc1cccc(OC)c1)c1cccc2ccsc12. The van der Waals surface area contributed by atoms with Gasteiger partial charge in [0.1, 0.15) is 5.75 Å². The molecule has 0 fully saturated rings. The van der Waals surface area contributed by atoms with Crippen molar-refractivity contribution in [1.82, 2.24) is 5.32 Å². The fraction of sp³-hybridized carbons (Fsp3) is 0.222. The molecule has 0 spiro atoms. The molecule has 2 nitrogen and oxygen atoms in total. The van der Waals surface area contributed by atoms with Gasteiger partial charge in [-0.2, -0.15) is 0 Å². The molecule has 0 aliphatic carbocycles. The smallest absolute Gasteiger partial charge is 0.119 e. The molecule has 3 rings (SSSR count). The lowest BCUT2D eigenvalue weighted by Crippen LogP contribution is -2.18. The molecule has 0 saturated heterocycles. The Kier molecular flexibility index (Phi) is 4.23.